The van der Waals surface area contributed by atoms with Crippen LogP contribution in [0.3, 0.4) is 0 Å². The SMILES string of the molecule is CCN1CCN(c2c(CN(CCOC)Cc3ccccc3Cl)c(C)nn2-c2ccc(F)cc2)CC1. The second-order valence-electron chi connectivity index (χ2n) is 8.99. The molecular formula is C27H35ClFN5O. The van der Waals surface area contributed by atoms with Gasteiger partial charge in [0.15, 0.2) is 0 Å². The van der Waals surface area contributed by atoms with Crippen LogP contribution in [0.5, 0.6) is 0 Å². The van der Waals surface area contributed by atoms with Crippen molar-refractivity contribution >= 4 is 17.4 Å². The minimum atomic E-state index is -0.249. The Bertz CT molecular complexity index is 1100. The third-order valence-corrected chi connectivity index (χ3v) is 7.06. The van der Waals surface area contributed by atoms with Crippen molar-refractivity contribution in [3.8, 4) is 5.69 Å². The molecule has 0 bridgehead atoms. The van der Waals surface area contributed by atoms with E-state index in [1.807, 2.05) is 22.9 Å². The van der Waals surface area contributed by atoms with Gasteiger partial charge in [0.05, 0.1) is 18.0 Å². The van der Waals surface area contributed by atoms with E-state index < -0.39 is 0 Å². The van der Waals surface area contributed by atoms with Crippen molar-refractivity contribution < 1.29 is 9.13 Å². The lowest BCUT2D eigenvalue weighted by Crippen LogP contribution is -2.47. The van der Waals surface area contributed by atoms with Gasteiger partial charge in [-0.05, 0) is 49.4 Å². The van der Waals surface area contributed by atoms with Crippen LogP contribution in [0, 0.1) is 12.7 Å². The molecule has 1 fully saturated rings. The first-order valence-corrected chi connectivity index (χ1v) is 12.6. The maximum Gasteiger partial charge on any atom is 0.137 e. The molecule has 1 aliphatic heterocycles. The Morgan fingerprint density at radius 2 is 1.74 bits per heavy atom. The molecule has 35 heavy (non-hydrogen) atoms. The van der Waals surface area contributed by atoms with Crippen molar-refractivity contribution in [3.63, 3.8) is 0 Å². The topological polar surface area (TPSA) is 36.8 Å². The average molecular weight is 500 g/mol. The highest BCUT2D eigenvalue weighted by Crippen LogP contribution is 2.30. The second-order valence-corrected chi connectivity index (χ2v) is 9.40. The highest BCUT2D eigenvalue weighted by atomic mass is 35.5. The molecule has 1 aromatic heterocycles. The summed E-state index contributed by atoms with van der Waals surface area (Å²) in [5.41, 5.74) is 4.11. The number of hydrogen-bond donors (Lipinski definition) is 0. The molecule has 4 rings (SSSR count). The number of piperazine rings is 1. The van der Waals surface area contributed by atoms with Gasteiger partial charge in [0.25, 0.3) is 0 Å². The molecule has 1 saturated heterocycles. The molecule has 0 amide bonds. The molecule has 1 aliphatic rings. The molecule has 6 nitrogen and oxygen atoms in total. The molecule has 2 heterocycles. The fraction of sp³-hybridized carbons (Fsp3) is 0.444. The van der Waals surface area contributed by atoms with Crippen molar-refractivity contribution in [1.82, 2.24) is 19.6 Å². The monoisotopic (exact) mass is 499 g/mol. The molecule has 0 radical (unpaired) electrons. The first-order chi connectivity index (χ1) is 17.0. The molecule has 0 saturated carbocycles. The number of aryl methyl sites for hydroxylation is 1. The van der Waals surface area contributed by atoms with E-state index in [1.165, 1.54) is 17.7 Å². The standard InChI is InChI=1S/C27H35ClFN5O/c1-4-31-13-15-33(16-14-31)27-25(21(2)30-34(27)24-11-9-23(29)10-12-24)20-32(17-18-35-3)19-22-7-5-6-8-26(22)28/h5-12H,4,13-20H2,1-3H3. The fourth-order valence-electron chi connectivity index (χ4n) is 4.62. The number of nitrogens with zero attached hydrogens (tertiary/aromatic N) is 5. The number of ether oxygens (including phenoxy) is 1. The molecule has 0 aliphatic carbocycles. The summed E-state index contributed by atoms with van der Waals surface area (Å²) in [4.78, 5) is 7.24. The van der Waals surface area contributed by atoms with Crippen LogP contribution in [0.1, 0.15) is 23.7 Å². The Labute approximate surface area is 212 Å². The zero-order chi connectivity index (χ0) is 24.8. The summed E-state index contributed by atoms with van der Waals surface area (Å²) < 4.78 is 21.1. The first kappa shape index (κ1) is 25.6. The number of methoxy groups -OCH3 is 1. The summed E-state index contributed by atoms with van der Waals surface area (Å²) >= 11 is 6.50. The lowest BCUT2D eigenvalue weighted by Gasteiger charge is -2.36. The van der Waals surface area contributed by atoms with Crippen LogP contribution < -0.4 is 4.90 Å². The third kappa shape index (κ3) is 6.22. The van der Waals surface area contributed by atoms with Gasteiger partial charge in [0, 0.05) is 63.5 Å². The zero-order valence-corrected chi connectivity index (χ0v) is 21.6. The van der Waals surface area contributed by atoms with Crippen LogP contribution in [-0.4, -0.2) is 72.6 Å². The predicted molar refractivity (Wildman–Crippen MR) is 140 cm³/mol. The van der Waals surface area contributed by atoms with Gasteiger partial charge in [-0.2, -0.15) is 5.10 Å². The summed E-state index contributed by atoms with van der Waals surface area (Å²) in [7, 11) is 1.73. The van der Waals surface area contributed by atoms with E-state index in [9.17, 15) is 4.39 Å². The molecule has 3 aromatic rings. The van der Waals surface area contributed by atoms with Crippen molar-refractivity contribution in [2.75, 3.05) is 57.9 Å². The van der Waals surface area contributed by atoms with Gasteiger partial charge in [-0.3, -0.25) is 4.90 Å². The number of likely N-dealkylation sites (N-methyl/N-ethyl adjacent to an activating group) is 1. The summed E-state index contributed by atoms with van der Waals surface area (Å²) in [5, 5.41) is 5.71. The number of aromatic nitrogens is 2. The number of rotatable bonds is 10. The smallest absolute Gasteiger partial charge is 0.137 e. The Hall–Kier alpha value is -2.45. The lowest BCUT2D eigenvalue weighted by molar-refractivity contribution is 0.140. The highest BCUT2D eigenvalue weighted by Gasteiger charge is 2.26. The first-order valence-electron chi connectivity index (χ1n) is 12.3. The van der Waals surface area contributed by atoms with Gasteiger partial charge >= 0.3 is 0 Å². The van der Waals surface area contributed by atoms with Gasteiger partial charge in [-0.15, -0.1) is 0 Å². The predicted octanol–water partition coefficient (Wildman–Crippen LogP) is 4.76. The Kier molecular flexibility index (Phi) is 8.78. The van der Waals surface area contributed by atoms with Crippen molar-refractivity contribution in [3.05, 3.63) is 76.2 Å². The maximum atomic E-state index is 13.7. The van der Waals surface area contributed by atoms with E-state index in [2.05, 4.69) is 34.6 Å². The minimum absolute atomic E-state index is 0.249. The van der Waals surface area contributed by atoms with Gasteiger partial charge in [0.2, 0.25) is 0 Å². The number of benzene rings is 2. The van der Waals surface area contributed by atoms with Crippen LogP contribution in [0.2, 0.25) is 5.02 Å². The van der Waals surface area contributed by atoms with E-state index >= 15 is 0 Å². The highest BCUT2D eigenvalue weighted by molar-refractivity contribution is 6.31. The Morgan fingerprint density at radius 1 is 1.03 bits per heavy atom. The third-order valence-electron chi connectivity index (χ3n) is 6.69. The maximum absolute atomic E-state index is 13.7. The molecule has 0 unspecified atom stereocenters. The largest absolute Gasteiger partial charge is 0.383 e. The normalized spacial score (nSPS) is 14.7. The molecule has 188 valence electrons. The summed E-state index contributed by atoms with van der Waals surface area (Å²) in [6.07, 6.45) is 0. The van der Waals surface area contributed by atoms with Crippen LogP contribution in [0.25, 0.3) is 5.69 Å². The molecule has 0 N–H and O–H groups in total. The molecule has 2 aromatic carbocycles. The average Bonchev–Trinajstić information content (AvgIpc) is 3.20. The fourth-order valence-corrected chi connectivity index (χ4v) is 4.82. The number of halogens is 2. The van der Waals surface area contributed by atoms with Crippen LogP contribution >= 0.6 is 11.6 Å². The summed E-state index contributed by atoms with van der Waals surface area (Å²) in [6, 6.07) is 14.6. The van der Waals surface area contributed by atoms with Crippen molar-refractivity contribution in [1.29, 1.82) is 0 Å². The Balaban J connectivity index is 1.70. The second kappa shape index (κ2) is 12.0. The lowest BCUT2D eigenvalue weighted by atomic mass is 10.1. The van der Waals surface area contributed by atoms with E-state index in [0.29, 0.717) is 19.7 Å². The van der Waals surface area contributed by atoms with Crippen molar-refractivity contribution in [2.45, 2.75) is 26.9 Å². The number of anilines is 1. The molecule has 0 atom stereocenters. The van der Waals surface area contributed by atoms with Gasteiger partial charge in [-0.25, -0.2) is 9.07 Å². The van der Waals surface area contributed by atoms with Gasteiger partial charge in [-0.1, -0.05) is 36.7 Å². The van der Waals surface area contributed by atoms with E-state index in [-0.39, 0.29) is 5.82 Å². The van der Waals surface area contributed by atoms with E-state index in [0.717, 1.165) is 67.1 Å². The summed E-state index contributed by atoms with van der Waals surface area (Å²) in [6.45, 7) is 12.0. The van der Waals surface area contributed by atoms with Crippen molar-refractivity contribution in [2.24, 2.45) is 0 Å². The molecule has 0 spiro atoms. The number of hydrogen-bond acceptors (Lipinski definition) is 5. The quantitative estimate of drug-likeness (QED) is 0.402. The Morgan fingerprint density at radius 3 is 2.40 bits per heavy atom. The molecule has 8 heteroatoms. The molecular weight excluding hydrogens is 465 g/mol. The van der Waals surface area contributed by atoms with Crippen LogP contribution in [0.15, 0.2) is 48.5 Å². The van der Waals surface area contributed by atoms with Crippen LogP contribution in [0.4, 0.5) is 10.2 Å². The van der Waals surface area contributed by atoms with Gasteiger partial charge in [0.1, 0.15) is 11.6 Å². The van der Waals surface area contributed by atoms with Gasteiger partial charge < -0.3 is 14.5 Å². The zero-order valence-electron chi connectivity index (χ0n) is 20.9. The van der Waals surface area contributed by atoms with E-state index in [1.54, 1.807) is 19.2 Å². The van der Waals surface area contributed by atoms with Crippen LogP contribution in [-0.2, 0) is 17.8 Å². The minimum Gasteiger partial charge on any atom is -0.383 e. The van der Waals surface area contributed by atoms with E-state index in [4.69, 9.17) is 21.4 Å². The summed E-state index contributed by atoms with van der Waals surface area (Å²) in [5.74, 6) is 0.841.